The van der Waals surface area contributed by atoms with Crippen LogP contribution in [0.1, 0.15) is 6.92 Å². The normalized spacial score (nSPS) is 14.3. The number of hydrogen-bond donors (Lipinski definition) is 1. The molecule has 1 fully saturated rings. The predicted octanol–water partition coefficient (Wildman–Crippen LogP) is 2.03. The van der Waals surface area contributed by atoms with Crippen LogP contribution in [-0.4, -0.2) is 59.0 Å². The monoisotopic (exact) mass is 346 g/mol. The number of nitrogens with zero attached hydrogens (tertiary/aromatic N) is 5. The van der Waals surface area contributed by atoms with Gasteiger partial charge >= 0.3 is 6.09 Å². The third-order valence-corrected chi connectivity index (χ3v) is 3.73. The number of nitrogens with one attached hydrogen (secondary N) is 1. The molecule has 132 valence electrons. The number of carbonyl (C=O) groups is 1. The highest BCUT2D eigenvalue weighted by molar-refractivity contribution is 5.68. The fourth-order valence-corrected chi connectivity index (χ4v) is 2.51. The van der Waals surface area contributed by atoms with Crippen LogP contribution < -0.4 is 10.2 Å². The first kappa shape index (κ1) is 16.9. The Labute approximate surface area is 144 Å². The van der Waals surface area contributed by atoms with Crippen molar-refractivity contribution in [3.8, 4) is 0 Å². The molecule has 0 bridgehead atoms. The molecule has 1 aromatic heterocycles. The van der Waals surface area contributed by atoms with Gasteiger partial charge in [0.1, 0.15) is 5.82 Å². The Morgan fingerprint density at radius 1 is 1.32 bits per heavy atom. The number of hydrogen-bond acceptors (Lipinski definition) is 7. The Morgan fingerprint density at radius 3 is 2.84 bits per heavy atom. The molecule has 0 spiro atoms. The SMILES string of the molecule is CCOC(=O)N1CCN(c2nncc(Nc3cccc(F)c3)n2)CC1. The van der Waals surface area contributed by atoms with Gasteiger partial charge in [-0.25, -0.2) is 9.18 Å². The second kappa shape index (κ2) is 7.73. The molecule has 0 aliphatic carbocycles. The van der Waals surface area contributed by atoms with Gasteiger partial charge in [0.05, 0.1) is 12.8 Å². The van der Waals surface area contributed by atoms with E-state index in [-0.39, 0.29) is 11.9 Å². The van der Waals surface area contributed by atoms with Gasteiger partial charge in [-0.1, -0.05) is 6.07 Å². The molecule has 9 heteroatoms. The first-order valence-electron chi connectivity index (χ1n) is 8.04. The molecule has 0 radical (unpaired) electrons. The second-order valence-corrected chi connectivity index (χ2v) is 5.45. The molecule has 1 amide bonds. The summed E-state index contributed by atoms with van der Waals surface area (Å²) in [5.41, 5.74) is 0.582. The predicted molar refractivity (Wildman–Crippen MR) is 90.3 cm³/mol. The van der Waals surface area contributed by atoms with Crippen molar-refractivity contribution in [2.75, 3.05) is 43.0 Å². The van der Waals surface area contributed by atoms with Crippen LogP contribution in [0.2, 0.25) is 0 Å². The molecule has 1 aromatic carbocycles. The molecular weight excluding hydrogens is 327 g/mol. The Bertz CT molecular complexity index is 736. The zero-order valence-corrected chi connectivity index (χ0v) is 13.9. The lowest BCUT2D eigenvalue weighted by Crippen LogP contribution is -2.49. The van der Waals surface area contributed by atoms with Crippen LogP contribution in [0.25, 0.3) is 0 Å². The van der Waals surface area contributed by atoms with Crippen LogP contribution in [0.5, 0.6) is 0 Å². The molecule has 25 heavy (non-hydrogen) atoms. The minimum absolute atomic E-state index is 0.303. The summed E-state index contributed by atoms with van der Waals surface area (Å²) in [6.07, 6.45) is 1.17. The minimum atomic E-state index is -0.331. The maximum absolute atomic E-state index is 13.3. The van der Waals surface area contributed by atoms with E-state index >= 15 is 0 Å². The van der Waals surface area contributed by atoms with E-state index in [2.05, 4.69) is 20.5 Å². The summed E-state index contributed by atoms with van der Waals surface area (Å²) in [5.74, 6) is 0.607. The molecule has 1 aliphatic heterocycles. The second-order valence-electron chi connectivity index (χ2n) is 5.45. The van der Waals surface area contributed by atoms with Crippen molar-refractivity contribution in [1.82, 2.24) is 20.1 Å². The van der Waals surface area contributed by atoms with Crippen molar-refractivity contribution in [2.45, 2.75) is 6.92 Å². The Morgan fingerprint density at radius 2 is 2.12 bits per heavy atom. The van der Waals surface area contributed by atoms with Crippen molar-refractivity contribution in [3.63, 3.8) is 0 Å². The average molecular weight is 346 g/mol. The van der Waals surface area contributed by atoms with E-state index in [1.807, 2.05) is 4.90 Å². The maximum atomic E-state index is 13.3. The van der Waals surface area contributed by atoms with Crippen LogP contribution in [0.3, 0.4) is 0 Å². The summed E-state index contributed by atoms with van der Waals surface area (Å²) >= 11 is 0. The molecular formula is C16H19FN6O2. The number of piperazine rings is 1. The third kappa shape index (κ3) is 4.31. The summed E-state index contributed by atoms with van der Waals surface area (Å²) in [5, 5.41) is 11.0. The topological polar surface area (TPSA) is 83.5 Å². The number of rotatable bonds is 4. The van der Waals surface area contributed by atoms with E-state index in [0.717, 1.165) is 0 Å². The van der Waals surface area contributed by atoms with E-state index in [1.54, 1.807) is 24.0 Å². The van der Waals surface area contributed by atoms with Crippen LogP contribution in [-0.2, 0) is 4.74 Å². The Balaban J connectivity index is 1.63. The van der Waals surface area contributed by atoms with Gasteiger partial charge in [-0.15, -0.1) is 5.10 Å². The van der Waals surface area contributed by atoms with E-state index in [1.165, 1.54) is 18.3 Å². The van der Waals surface area contributed by atoms with Crippen LogP contribution in [0.15, 0.2) is 30.5 Å². The molecule has 8 nitrogen and oxygen atoms in total. The van der Waals surface area contributed by atoms with Crippen molar-refractivity contribution in [1.29, 1.82) is 0 Å². The smallest absolute Gasteiger partial charge is 0.409 e. The number of aromatic nitrogens is 3. The molecule has 1 N–H and O–H groups in total. The van der Waals surface area contributed by atoms with Gasteiger partial charge in [-0.2, -0.15) is 10.1 Å². The number of amides is 1. The van der Waals surface area contributed by atoms with Crippen LogP contribution in [0.4, 0.5) is 26.6 Å². The quantitative estimate of drug-likeness (QED) is 0.907. The summed E-state index contributed by atoms with van der Waals surface area (Å²) < 4.78 is 18.3. The molecule has 1 aliphatic rings. The molecule has 2 aromatic rings. The number of benzene rings is 1. The summed E-state index contributed by atoms with van der Waals surface area (Å²) in [7, 11) is 0. The highest BCUT2D eigenvalue weighted by Crippen LogP contribution is 2.17. The standard InChI is InChI=1S/C16H19FN6O2/c1-2-25-16(24)23-8-6-22(7-9-23)15-20-14(11-18-21-15)19-13-5-3-4-12(17)10-13/h3-5,10-11H,2,6-9H2,1H3,(H,19,20,21). The van der Waals surface area contributed by atoms with Gasteiger partial charge in [0.25, 0.3) is 0 Å². The van der Waals surface area contributed by atoms with Crippen LogP contribution >= 0.6 is 0 Å². The van der Waals surface area contributed by atoms with Gasteiger partial charge in [0.15, 0.2) is 5.82 Å². The van der Waals surface area contributed by atoms with Crippen molar-refractivity contribution in [2.24, 2.45) is 0 Å². The van der Waals surface area contributed by atoms with E-state index in [4.69, 9.17) is 4.74 Å². The molecule has 0 unspecified atom stereocenters. The van der Waals surface area contributed by atoms with Gasteiger partial charge in [-0.3, -0.25) is 0 Å². The fourth-order valence-electron chi connectivity index (χ4n) is 2.51. The van der Waals surface area contributed by atoms with E-state index < -0.39 is 0 Å². The molecule has 2 heterocycles. The zero-order chi connectivity index (χ0) is 17.6. The lowest BCUT2D eigenvalue weighted by molar-refractivity contribution is 0.105. The Kier molecular flexibility index (Phi) is 5.22. The first-order chi connectivity index (χ1) is 12.2. The summed E-state index contributed by atoms with van der Waals surface area (Å²) in [6.45, 7) is 4.38. The molecule has 0 atom stereocenters. The van der Waals surface area contributed by atoms with E-state index in [0.29, 0.717) is 50.2 Å². The number of ether oxygens (including phenoxy) is 1. The summed E-state index contributed by atoms with van der Waals surface area (Å²) in [6, 6.07) is 6.10. The number of anilines is 3. The van der Waals surface area contributed by atoms with Crippen LogP contribution in [0, 0.1) is 5.82 Å². The lowest BCUT2D eigenvalue weighted by Gasteiger charge is -2.33. The minimum Gasteiger partial charge on any atom is -0.450 e. The Hall–Kier alpha value is -2.97. The van der Waals surface area contributed by atoms with Gasteiger partial charge in [0, 0.05) is 31.9 Å². The highest BCUT2D eigenvalue weighted by Gasteiger charge is 2.23. The largest absolute Gasteiger partial charge is 0.450 e. The van der Waals surface area contributed by atoms with Crippen molar-refractivity contribution in [3.05, 3.63) is 36.3 Å². The highest BCUT2D eigenvalue weighted by atomic mass is 19.1. The maximum Gasteiger partial charge on any atom is 0.409 e. The lowest BCUT2D eigenvalue weighted by atomic mass is 10.3. The number of carbonyl (C=O) groups excluding carboxylic acids is 1. The zero-order valence-electron chi connectivity index (χ0n) is 13.9. The molecule has 0 saturated carbocycles. The van der Waals surface area contributed by atoms with Crippen molar-refractivity contribution >= 4 is 23.5 Å². The summed E-state index contributed by atoms with van der Waals surface area (Å²) in [4.78, 5) is 19.7. The average Bonchev–Trinajstić information content (AvgIpc) is 2.62. The molecule has 3 rings (SSSR count). The molecule has 1 saturated heterocycles. The first-order valence-corrected chi connectivity index (χ1v) is 8.04. The third-order valence-electron chi connectivity index (χ3n) is 3.73. The van der Waals surface area contributed by atoms with E-state index in [9.17, 15) is 9.18 Å². The number of halogens is 1. The van der Waals surface area contributed by atoms with Gasteiger partial charge in [0.2, 0.25) is 5.95 Å². The van der Waals surface area contributed by atoms with Crippen molar-refractivity contribution < 1.29 is 13.9 Å². The fraction of sp³-hybridized carbons (Fsp3) is 0.375. The van der Waals surface area contributed by atoms with Gasteiger partial charge < -0.3 is 19.9 Å². The van der Waals surface area contributed by atoms with Gasteiger partial charge in [-0.05, 0) is 25.1 Å².